The van der Waals surface area contributed by atoms with E-state index >= 15 is 0 Å². The van der Waals surface area contributed by atoms with E-state index in [-0.39, 0.29) is 5.91 Å². The molecule has 0 bridgehead atoms. The van der Waals surface area contributed by atoms with Gasteiger partial charge in [-0.3, -0.25) is 4.79 Å². The fourth-order valence-corrected chi connectivity index (χ4v) is 2.06. The first-order valence-corrected chi connectivity index (χ1v) is 6.74. The third kappa shape index (κ3) is 3.75. The van der Waals surface area contributed by atoms with Crippen LogP contribution in [0.25, 0.3) is 0 Å². The molecule has 3 nitrogen and oxygen atoms in total. The summed E-state index contributed by atoms with van der Waals surface area (Å²) in [4.78, 5) is 12.0. The van der Waals surface area contributed by atoms with Gasteiger partial charge in [-0.15, -0.1) is 11.6 Å². The molecule has 104 valence electrons. The van der Waals surface area contributed by atoms with Crippen molar-refractivity contribution in [1.29, 1.82) is 0 Å². The van der Waals surface area contributed by atoms with Crippen LogP contribution in [0.3, 0.4) is 0 Å². The molecule has 4 heteroatoms. The number of benzene rings is 2. The molecule has 0 aliphatic carbocycles. The highest BCUT2D eigenvalue weighted by molar-refractivity contribution is 6.30. The summed E-state index contributed by atoms with van der Waals surface area (Å²) in [5.41, 5.74) is 1.76. The van der Waals surface area contributed by atoms with E-state index in [4.69, 9.17) is 16.3 Å². The number of methoxy groups -OCH3 is 1. The summed E-state index contributed by atoms with van der Waals surface area (Å²) in [5.74, 6) is 0.558. The Hall–Kier alpha value is -2.00. The van der Waals surface area contributed by atoms with Crippen LogP contribution >= 0.6 is 11.6 Å². The van der Waals surface area contributed by atoms with Gasteiger partial charge in [-0.25, -0.2) is 0 Å². The van der Waals surface area contributed by atoms with Crippen LogP contribution in [0.1, 0.15) is 16.5 Å². The van der Waals surface area contributed by atoms with Crippen LogP contribution in [0.5, 0.6) is 5.75 Å². The molecule has 0 spiro atoms. The van der Waals surface area contributed by atoms with Gasteiger partial charge in [-0.2, -0.15) is 0 Å². The molecule has 0 radical (unpaired) electrons. The first kappa shape index (κ1) is 14.4. The van der Waals surface area contributed by atoms with Gasteiger partial charge < -0.3 is 10.1 Å². The molecule has 0 aliphatic heterocycles. The summed E-state index contributed by atoms with van der Waals surface area (Å²) in [6.45, 7) is 0.423. The van der Waals surface area contributed by atoms with Gasteiger partial charge in [0.25, 0.3) is 0 Å². The van der Waals surface area contributed by atoms with Crippen molar-refractivity contribution in [2.75, 3.05) is 7.11 Å². The van der Waals surface area contributed by atoms with Crippen LogP contribution < -0.4 is 10.1 Å². The SMILES string of the molecule is COc1cccc(CNC(=O)C(Cl)c2ccccc2)c1. The maximum absolute atomic E-state index is 12.0. The summed E-state index contributed by atoms with van der Waals surface area (Å²) in [6, 6.07) is 16.8. The van der Waals surface area contributed by atoms with Crippen LogP contribution in [0.15, 0.2) is 54.6 Å². The van der Waals surface area contributed by atoms with Crippen LogP contribution in [-0.4, -0.2) is 13.0 Å². The van der Waals surface area contributed by atoms with Gasteiger partial charge in [0.15, 0.2) is 0 Å². The molecule has 2 rings (SSSR count). The minimum atomic E-state index is -0.679. The molecule has 2 aromatic rings. The average Bonchev–Trinajstić information content (AvgIpc) is 2.53. The van der Waals surface area contributed by atoms with Crippen molar-refractivity contribution in [2.24, 2.45) is 0 Å². The summed E-state index contributed by atoms with van der Waals surface area (Å²) in [7, 11) is 1.61. The summed E-state index contributed by atoms with van der Waals surface area (Å²) in [5, 5.41) is 2.14. The molecule has 1 N–H and O–H groups in total. The second kappa shape index (κ2) is 6.96. The standard InChI is InChI=1S/C16H16ClNO2/c1-20-14-9-5-6-12(10-14)11-18-16(19)15(17)13-7-3-2-4-8-13/h2-10,15H,11H2,1H3,(H,18,19). The number of halogens is 1. The van der Waals surface area contributed by atoms with E-state index in [0.717, 1.165) is 16.9 Å². The number of hydrogen-bond acceptors (Lipinski definition) is 2. The topological polar surface area (TPSA) is 38.3 Å². The van der Waals surface area contributed by atoms with Crippen LogP contribution in [-0.2, 0) is 11.3 Å². The Morgan fingerprint density at radius 1 is 1.20 bits per heavy atom. The highest BCUT2D eigenvalue weighted by Gasteiger charge is 2.16. The zero-order chi connectivity index (χ0) is 14.4. The Balaban J connectivity index is 1.95. The van der Waals surface area contributed by atoms with Crippen molar-refractivity contribution < 1.29 is 9.53 Å². The molecular formula is C16H16ClNO2. The molecule has 0 saturated carbocycles. The second-order valence-corrected chi connectivity index (χ2v) is 4.78. The molecule has 0 aliphatic rings. The van der Waals surface area contributed by atoms with Crippen molar-refractivity contribution in [2.45, 2.75) is 11.9 Å². The van der Waals surface area contributed by atoms with Gasteiger partial charge in [0, 0.05) is 6.54 Å². The second-order valence-electron chi connectivity index (χ2n) is 4.34. The number of rotatable bonds is 5. The Morgan fingerprint density at radius 2 is 1.95 bits per heavy atom. The van der Waals surface area contributed by atoms with Crippen LogP contribution in [0.4, 0.5) is 0 Å². The van der Waals surface area contributed by atoms with E-state index in [9.17, 15) is 4.79 Å². The highest BCUT2D eigenvalue weighted by atomic mass is 35.5. The Kier molecular flexibility index (Phi) is 5.02. The minimum absolute atomic E-state index is 0.208. The number of alkyl halides is 1. The molecular weight excluding hydrogens is 274 g/mol. The summed E-state index contributed by atoms with van der Waals surface area (Å²) >= 11 is 6.14. The Bertz CT molecular complexity index is 572. The first-order valence-electron chi connectivity index (χ1n) is 6.30. The number of hydrogen-bond donors (Lipinski definition) is 1. The van der Waals surface area contributed by atoms with Gasteiger partial charge in [0.1, 0.15) is 11.1 Å². The van der Waals surface area contributed by atoms with Gasteiger partial charge in [0.05, 0.1) is 7.11 Å². The largest absolute Gasteiger partial charge is 0.497 e. The smallest absolute Gasteiger partial charge is 0.242 e. The zero-order valence-corrected chi connectivity index (χ0v) is 11.9. The van der Waals surface area contributed by atoms with E-state index in [1.165, 1.54) is 0 Å². The molecule has 1 amide bonds. The van der Waals surface area contributed by atoms with Gasteiger partial charge in [0.2, 0.25) is 5.91 Å². The molecule has 1 atom stereocenters. The number of carbonyl (C=O) groups excluding carboxylic acids is 1. The van der Waals surface area contributed by atoms with Gasteiger partial charge in [-0.05, 0) is 23.3 Å². The molecule has 1 unspecified atom stereocenters. The number of nitrogens with one attached hydrogen (secondary N) is 1. The van der Waals surface area contributed by atoms with Crippen molar-refractivity contribution in [3.63, 3.8) is 0 Å². The van der Waals surface area contributed by atoms with Crippen molar-refractivity contribution in [3.05, 3.63) is 65.7 Å². The molecule has 0 aromatic heterocycles. The lowest BCUT2D eigenvalue weighted by Crippen LogP contribution is -2.26. The lowest BCUT2D eigenvalue weighted by molar-refractivity contribution is -0.121. The van der Waals surface area contributed by atoms with Gasteiger partial charge in [-0.1, -0.05) is 42.5 Å². The minimum Gasteiger partial charge on any atom is -0.497 e. The fourth-order valence-electron chi connectivity index (χ4n) is 1.83. The Morgan fingerprint density at radius 3 is 2.65 bits per heavy atom. The predicted molar refractivity (Wildman–Crippen MR) is 79.9 cm³/mol. The number of amides is 1. The molecule has 0 heterocycles. The monoisotopic (exact) mass is 289 g/mol. The van der Waals surface area contributed by atoms with Crippen LogP contribution in [0, 0.1) is 0 Å². The Labute approximate surface area is 123 Å². The van der Waals surface area contributed by atoms with E-state index in [1.807, 2.05) is 54.6 Å². The molecule has 0 fully saturated rings. The van der Waals surface area contributed by atoms with Crippen molar-refractivity contribution >= 4 is 17.5 Å². The number of carbonyl (C=O) groups is 1. The highest BCUT2D eigenvalue weighted by Crippen LogP contribution is 2.20. The third-order valence-corrected chi connectivity index (χ3v) is 3.37. The summed E-state index contributed by atoms with van der Waals surface area (Å²) in [6.07, 6.45) is 0. The lowest BCUT2D eigenvalue weighted by atomic mass is 10.1. The zero-order valence-electron chi connectivity index (χ0n) is 11.2. The summed E-state index contributed by atoms with van der Waals surface area (Å²) < 4.78 is 5.14. The van der Waals surface area contributed by atoms with Crippen LogP contribution in [0.2, 0.25) is 0 Å². The quantitative estimate of drug-likeness (QED) is 0.858. The molecule has 0 saturated heterocycles. The maximum Gasteiger partial charge on any atom is 0.242 e. The van der Waals surface area contributed by atoms with E-state index in [2.05, 4.69) is 5.32 Å². The number of ether oxygens (including phenoxy) is 1. The third-order valence-electron chi connectivity index (χ3n) is 2.92. The maximum atomic E-state index is 12.0. The van der Waals surface area contributed by atoms with E-state index < -0.39 is 5.38 Å². The predicted octanol–water partition coefficient (Wildman–Crippen LogP) is 3.29. The molecule has 2 aromatic carbocycles. The van der Waals surface area contributed by atoms with Crippen molar-refractivity contribution in [1.82, 2.24) is 5.32 Å². The van der Waals surface area contributed by atoms with E-state index in [0.29, 0.717) is 6.54 Å². The first-order chi connectivity index (χ1) is 9.70. The normalized spacial score (nSPS) is 11.7. The van der Waals surface area contributed by atoms with E-state index in [1.54, 1.807) is 7.11 Å². The average molecular weight is 290 g/mol. The fraction of sp³-hybridized carbons (Fsp3) is 0.188. The molecule has 20 heavy (non-hydrogen) atoms. The van der Waals surface area contributed by atoms with Crippen molar-refractivity contribution in [3.8, 4) is 5.75 Å². The van der Waals surface area contributed by atoms with Gasteiger partial charge >= 0.3 is 0 Å². The lowest BCUT2D eigenvalue weighted by Gasteiger charge is -2.11.